The second-order valence-electron chi connectivity index (χ2n) is 5.85. The molecule has 3 heterocycles. The van der Waals surface area contributed by atoms with Gasteiger partial charge in [-0.3, -0.25) is 4.79 Å². The van der Waals surface area contributed by atoms with Gasteiger partial charge in [0.15, 0.2) is 0 Å². The lowest BCUT2D eigenvalue weighted by atomic mass is 10.0. The van der Waals surface area contributed by atoms with Gasteiger partial charge in [-0.15, -0.1) is 0 Å². The van der Waals surface area contributed by atoms with Crippen LogP contribution in [-0.2, 0) is 0 Å². The molecule has 22 heavy (non-hydrogen) atoms. The maximum Gasteiger partial charge on any atom is 0.292 e. The van der Waals surface area contributed by atoms with Gasteiger partial charge in [0.1, 0.15) is 12.7 Å². The lowest BCUT2D eigenvalue weighted by Crippen LogP contribution is -2.40. The normalized spacial score (nSPS) is 20.1. The third-order valence-electron chi connectivity index (χ3n) is 4.35. The van der Waals surface area contributed by atoms with Crippen molar-refractivity contribution >= 4 is 5.91 Å². The fraction of sp³-hybridized carbons (Fsp3) is 0.600. The van der Waals surface area contributed by atoms with Crippen LogP contribution in [-0.4, -0.2) is 43.8 Å². The summed E-state index contributed by atoms with van der Waals surface area (Å²) in [6.07, 6.45) is 6.15. The monoisotopic (exact) mass is 303 g/mol. The molecule has 1 saturated heterocycles. The summed E-state index contributed by atoms with van der Waals surface area (Å²) < 4.78 is 7.08. The number of piperidine rings is 1. The Morgan fingerprint density at radius 2 is 2.41 bits per heavy atom. The number of carbonyl (C=O) groups excluding carboxylic acids is 1. The standard InChI is InChI=1S/C15H21N5O2/c1-3-11(2)13-7-14(22-18-13)15(21)19-6-4-5-12(8-19)20-10-16-9-17-20/h7,9-12H,3-6,8H2,1-2H3/t11-,12-/m1/s1. The Kier molecular flexibility index (Phi) is 4.22. The molecule has 0 spiro atoms. The Morgan fingerprint density at radius 1 is 1.55 bits per heavy atom. The van der Waals surface area contributed by atoms with Crippen molar-refractivity contribution < 1.29 is 9.32 Å². The molecule has 1 aliphatic heterocycles. The Hall–Kier alpha value is -2.18. The van der Waals surface area contributed by atoms with Crippen LogP contribution < -0.4 is 0 Å². The third kappa shape index (κ3) is 2.88. The first kappa shape index (κ1) is 14.7. The van der Waals surface area contributed by atoms with Gasteiger partial charge in [0.2, 0.25) is 5.76 Å². The van der Waals surface area contributed by atoms with E-state index in [0.29, 0.717) is 18.2 Å². The van der Waals surface area contributed by atoms with E-state index in [1.165, 1.54) is 6.33 Å². The van der Waals surface area contributed by atoms with Gasteiger partial charge in [-0.05, 0) is 19.3 Å². The Morgan fingerprint density at radius 3 is 3.14 bits per heavy atom. The lowest BCUT2D eigenvalue weighted by Gasteiger charge is -2.31. The van der Waals surface area contributed by atoms with Gasteiger partial charge in [0, 0.05) is 25.1 Å². The summed E-state index contributed by atoms with van der Waals surface area (Å²) in [5.41, 5.74) is 0.843. The molecule has 0 radical (unpaired) electrons. The van der Waals surface area contributed by atoms with Crippen LogP contribution in [0.5, 0.6) is 0 Å². The molecule has 2 aromatic heterocycles. The van der Waals surface area contributed by atoms with E-state index in [4.69, 9.17) is 4.52 Å². The Bertz CT molecular complexity index is 622. The zero-order chi connectivity index (χ0) is 15.5. The molecule has 2 aromatic rings. The van der Waals surface area contributed by atoms with Crippen LogP contribution in [0.15, 0.2) is 23.2 Å². The summed E-state index contributed by atoms with van der Waals surface area (Å²) in [5, 5.41) is 8.20. The summed E-state index contributed by atoms with van der Waals surface area (Å²) in [5.74, 6) is 0.538. The predicted molar refractivity (Wildman–Crippen MR) is 79.4 cm³/mol. The highest BCUT2D eigenvalue weighted by Gasteiger charge is 2.28. The fourth-order valence-corrected chi connectivity index (χ4v) is 2.75. The second-order valence-corrected chi connectivity index (χ2v) is 5.85. The van der Waals surface area contributed by atoms with Crippen LogP contribution in [0, 0.1) is 0 Å². The number of amides is 1. The van der Waals surface area contributed by atoms with Gasteiger partial charge in [-0.25, -0.2) is 9.67 Å². The fourth-order valence-electron chi connectivity index (χ4n) is 2.75. The number of hydrogen-bond donors (Lipinski definition) is 0. The summed E-state index contributed by atoms with van der Waals surface area (Å²) in [6, 6.07) is 1.95. The zero-order valence-electron chi connectivity index (χ0n) is 13.0. The van der Waals surface area contributed by atoms with Crippen molar-refractivity contribution in [3.05, 3.63) is 30.2 Å². The number of hydrogen-bond acceptors (Lipinski definition) is 5. The van der Waals surface area contributed by atoms with Crippen LogP contribution in [0.1, 0.15) is 61.3 Å². The van der Waals surface area contributed by atoms with Crippen LogP contribution in [0.4, 0.5) is 0 Å². The van der Waals surface area contributed by atoms with E-state index < -0.39 is 0 Å². The van der Waals surface area contributed by atoms with E-state index in [2.05, 4.69) is 29.1 Å². The van der Waals surface area contributed by atoms with Gasteiger partial charge in [0.25, 0.3) is 5.91 Å². The molecule has 0 bridgehead atoms. The smallest absolute Gasteiger partial charge is 0.292 e. The minimum absolute atomic E-state index is 0.0909. The molecule has 0 aliphatic carbocycles. The number of rotatable bonds is 4. The molecule has 118 valence electrons. The summed E-state index contributed by atoms with van der Waals surface area (Å²) >= 11 is 0. The number of carbonyl (C=O) groups is 1. The lowest BCUT2D eigenvalue weighted by molar-refractivity contribution is 0.0631. The maximum atomic E-state index is 12.6. The summed E-state index contributed by atoms with van der Waals surface area (Å²) in [6.45, 7) is 5.53. The molecule has 0 saturated carbocycles. The third-order valence-corrected chi connectivity index (χ3v) is 4.35. The molecule has 0 unspecified atom stereocenters. The van der Waals surface area contributed by atoms with Gasteiger partial charge in [-0.1, -0.05) is 19.0 Å². The van der Waals surface area contributed by atoms with Crippen molar-refractivity contribution in [1.82, 2.24) is 24.8 Å². The Labute approximate surface area is 129 Å². The topological polar surface area (TPSA) is 77.0 Å². The van der Waals surface area contributed by atoms with Crippen molar-refractivity contribution in [3.8, 4) is 0 Å². The Balaban J connectivity index is 1.70. The van der Waals surface area contributed by atoms with Crippen LogP contribution in [0.2, 0.25) is 0 Å². The minimum Gasteiger partial charge on any atom is -0.351 e. The number of nitrogens with zero attached hydrogens (tertiary/aromatic N) is 5. The van der Waals surface area contributed by atoms with Gasteiger partial charge in [0.05, 0.1) is 11.7 Å². The number of likely N-dealkylation sites (tertiary alicyclic amines) is 1. The molecule has 1 aliphatic rings. The predicted octanol–water partition coefficient (Wildman–Crippen LogP) is 2.26. The second kappa shape index (κ2) is 6.29. The molecule has 7 heteroatoms. The van der Waals surface area contributed by atoms with Crippen molar-refractivity contribution in [2.75, 3.05) is 13.1 Å². The van der Waals surface area contributed by atoms with Crippen LogP contribution >= 0.6 is 0 Å². The highest BCUT2D eigenvalue weighted by Crippen LogP contribution is 2.23. The highest BCUT2D eigenvalue weighted by atomic mass is 16.5. The zero-order valence-corrected chi connectivity index (χ0v) is 13.0. The molecule has 7 nitrogen and oxygen atoms in total. The van der Waals surface area contributed by atoms with Crippen molar-refractivity contribution in [2.24, 2.45) is 0 Å². The van der Waals surface area contributed by atoms with Crippen LogP contribution in [0.3, 0.4) is 0 Å². The van der Waals surface area contributed by atoms with E-state index in [0.717, 1.165) is 31.5 Å². The van der Waals surface area contributed by atoms with Gasteiger partial charge < -0.3 is 9.42 Å². The molecule has 0 aromatic carbocycles. The summed E-state index contributed by atoms with van der Waals surface area (Å²) in [4.78, 5) is 18.4. The molecule has 3 rings (SSSR count). The van der Waals surface area contributed by atoms with Crippen molar-refractivity contribution in [2.45, 2.75) is 45.1 Å². The average molecular weight is 303 g/mol. The molecule has 1 amide bonds. The average Bonchev–Trinajstić information content (AvgIpc) is 3.25. The first-order valence-electron chi connectivity index (χ1n) is 7.79. The molecular formula is C15H21N5O2. The number of aromatic nitrogens is 4. The van der Waals surface area contributed by atoms with E-state index in [1.54, 1.807) is 12.4 Å². The van der Waals surface area contributed by atoms with E-state index in [-0.39, 0.29) is 11.9 Å². The first-order chi connectivity index (χ1) is 10.7. The van der Waals surface area contributed by atoms with Crippen LogP contribution in [0.25, 0.3) is 0 Å². The van der Waals surface area contributed by atoms with E-state index in [1.807, 2.05) is 9.58 Å². The SMILES string of the molecule is CC[C@@H](C)c1cc(C(=O)N2CCC[C@@H](n3cncn3)C2)on1. The first-order valence-corrected chi connectivity index (χ1v) is 7.79. The molecule has 0 N–H and O–H groups in total. The quantitative estimate of drug-likeness (QED) is 0.865. The molecule has 1 fully saturated rings. The van der Waals surface area contributed by atoms with Crippen molar-refractivity contribution in [3.63, 3.8) is 0 Å². The minimum atomic E-state index is -0.0909. The molecular weight excluding hydrogens is 282 g/mol. The van der Waals surface area contributed by atoms with E-state index >= 15 is 0 Å². The van der Waals surface area contributed by atoms with E-state index in [9.17, 15) is 4.79 Å². The van der Waals surface area contributed by atoms with Crippen molar-refractivity contribution in [1.29, 1.82) is 0 Å². The highest BCUT2D eigenvalue weighted by molar-refractivity contribution is 5.91. The van der Waals surface area contributed by atoms with Gasteiger partial charge >= 0.3 is 0 Å². The maximum absolute atomic E-state index is 12.6. The molecule has 2 atom stereocenters. The summed E-state index contributed by atoms with van der Waals surface area (Å²) in [7, 11) is 0. The largest absolute Gasteiger partial charge is 0.351 e. The van der Waals surface area contributed by atoms with Gasteiger partial charge in [-0.2, -0.15) is 5.10 Å².